The summed E-state index contributed by atoms with van der Waals surface area (Å²) in [7, 11) is 0. The van der Waals surface area contributed by atoms with Crippen LogP contribution in [0.25, 0.3) is 12.2 Å². The molecule has 0 amide bonds. The Morgan fingerprint density at radius 2 is 1.75 bits per heavy atom. The molecule has 1 saturated carbocycles. The van der Waals surface area contributed by atoms with Crippen LogP contribution in [-0.4, -0.2) is 6.04 Å². The van der Waals surface area contributed by atoms with Crippen molar-refractivity contribution in [1.29, 1.82) is 0 Å². The van der Waals surface area contributed by atoms with E-state index in [1.54, 1.807) is 0 Å². The lowest BCUT2D eigenvalue weighted by Gasteiger charge is -2.12. The third-order valence-corrected chi connectivity index (χ3v) is 3.41. The summed E-state index contributed by atoms with van der Waals surface area (Å²) < 4.78 is 0. The molecule has 3 heteroatoms. The summed E-state index contributed by atoms with van der Waals surface area (Å²) in [5.41, 5.74) is 16.6. The lowest BCUT2D eigenvalue weighted by atomic mass is 10.1. The van der Waals surface area contributed by atoms with Crippen LogP contribution >= 0.6 is 0 Å². The first-order valence-electron chi connectivity index (χ1n) is 6.91. The molecule has 0 radical (unpaired) electrons. The average Bonchev–Trinajstić information content (AvgIpc) is 3.23. The highest BCUT2D eigenvalue weighted by atomic mass is 15.0. The molecule has 0 spiro atoms. The zero-order valence-corrected chi connectivity index (χ0v) is 11.3. The first-order valence-corrected chi connectivity index (χ1v) is 6.91. The molecule has 20 heavy (non-hydrogen) atoms. The molecule has 0 aromatic heterocycles. The Balaban J connectivity index is 1.92. The fraction of sp³-hybridized carbons (Fsp3) is 0.176. The van der Waals surface area contributed by atoms with E-state index in [4.69, 9.17) is 11.5 Å². The summed E-state index contributed by atoms with van der Waals surface area (Å²) in [5.74, 6) is 0. The van der Waals surface area contributed by atoms with E-state index in [0.717, 1.165) is 16.8 Å². The predicted molar refractivity (Wildman–Crippen MR) is 87.3 cm³/mol. The van der Waals surface area contributed by atoms with Crippen LogP contribution in [0.4, 0.5) is 17.1 Å². The van der Waals surface area contributed by atoms with Gasteiger partial charge < -0.3 is 16.8 Å². The number of anilines is 3. The molecule has 0 saturated heterocycles. The Kier molecular flexibility index (Phi) is 3.33. The van der Waals surface area contributed by atoms with Crippen LogP contribution in [0.1, 0.15) is 24.0 Å². The third-order valence-electron chi connectivity index (χ3n) is 3.41. The van der Waals surface area contributed by atoms with Crippen LogP contribution in [0.5, 0.6) is 0 Å². The largest absolute Gasteiger partial charge is 0.399 e. The second-order valence-electron chi connectivity index (χ2n) is 5.23. The van der Waals surface area contributed by atoms with Crippen molar-refractivity contribution in [1.82, 2.24) is 0 Å². The fourth-order valence-electron chi connectivity index (χ4n) is 2.20. The van der Waals surface area contributed by atoms with Crippen LogP contribution in [0, 0.1) is 0 Å². The van der Waals surface area contributed by atoms with Crippen molar-refractivity contribution in [3.8, 4) is 0 Å². The van der Waals surface area contributed by atoms with Gasteiger partial charge in [0.2, 0.25) is 0 Å². The highest BCUT2D eigenvalue weighted by molar-refractivity contribution is 5.86. The van der Waals surface area contributed by atoms with Gasteiger partial charge in [0.15, 0.2) is 0 Å². The number of hydrogen-bond donors (Lipinski definition) is 3. The number of nitrogen functional groups attached to an aromatic ring is 2. The minimum Gasteiger partial charge on any atom is -0.399 e. The standard InChI is InChI=1S/C17H19N3/c18-13-10-16(19)15(17(11-13)20-14-7-8-14)9-6-12-4-2-1-3-5-12/h1-6,9-11,14,20H,7-8,18-19H2. The number of nitrogens with two attached hydrogens (primary N) is 2. The molecule has 0 bridgehead atoms. The number of nitrogens with one attached hydrogen (secondary N) is 1. The van der Waals surface area contributed by atoms with Gasteiger partial charge in [0.05, 0.1) is 0 Å². The molecule has 0 atom stereocenters. The minimum absolute atomic E-state index is 0.570. The Morgan fingerprint density at radius 1 is 1.00 bits per heavy atom. The quantitative estimate of drug-likeness (QED) is 0.584. The van der Waals surface area contributed by atoms with Gasteiger partial charge in [-0.2, -0.15) is 0 Å². The van der Waals surface area contributed by atoms with Crippen molar-refractivity contribution >= 4 is 29.2 Å². The van der Waals surface area contributed by atoms with E-state index >= 15 is 0 Å². The molecule has 3 nitrogen and oxygen atoms in total. The smallest absolute Gasteiger partial charge is 0.0457 e. The summed E-state index contributed by atoms with van der Waals surface area (Å²) in [4.78, 5) is 0. The van der Waals surface area contributed by atoms with Crippen LogP contribution in [0.2, 0.25) is 0 Å². The van der Waals surface area contributed by atoms with Crippen molar-refractivity contribution in [2.24, 2.45) is 0 Å². The molecule has 1 aliphatic carbocycles. The Hall–Kier alpha value is -2.42. The Labute approximate surface area is 119 Å². The van der Waals surface area contributed by atoms with Crippen LogP contribution < -0.4 is 16.8 Å². The maximum Gasteiger partial charge on any atom is 0.0457 e. The van der Waals surface area contributed by atoms with E-state index in [-0.39, 0.29) is 0 Å². The van der Waals surface area contributed by atoms with Crippen molar-refractivity contribution < 1.29 is 0 Å². The summed E-state index contributed by atoms with van der Waals surface area (Å²) in [6, 6.07) is 14.5. The van der Waals surface area contributed by atoms with E-state index in [0.29, 0.717) is 17.4 Å². The monoisotopic (exact) mass is 265 g/mol. The topological polar surface area (TPSA) is 64.1 Å². The second kappa shape index (κ2) is 5.29. The maximum atomic E-state index is 6.11. The lowest BCUT2D eigenvalue weighted by molar-refractivity contribution is 1.15. The fourth-order valence-corrected chi connectivity index (χ4v) is 2.20. The van der Waals surface area contributed by atoms with Gasteiger partial charge in [-0.3, -0.25) is 0 Å². The van der Waals surface area contributed by atoms with E-state index in [9.17, 15) is 0 Å². The molecule has 1 aliphatic rings. The van der Waals surface area contributed by atoms with Gasteiger partial charge in [-0.05, 0) is 30.5 Å². The van der Waals surface area contributed by atoms with Crippen molar-refractivity contribution in [3.63, 3.8) is 0 Å². The molecular formula is C17H19N3. The number of hydrogen-bond acceptors (Lipinski definition) is 3. The lowest BCUT2D eigenvalue weighted by Crippen LogP contribution is -2.05. The highest BCUT2D eigenvalue weighted by Gasteiger charge is 2.22. The van der Waals surface area contributed by atoms with Gasteiger partial charge in [-0.25, -0.2) is 0 Å². The van der Waals surface area contributed by atoms with E-state index in [2.05, 4.69) is 29.6 Å². The molecule has 1 fully saturated rings. The van der Waals surface area contributed by atoms with Crippen LogP contribution in [0.15, 0.2) is 42.5 Å². The zero-order valence-electron chi connectivity index (χ0n) is 11.3. The molecule has 3 rings (SSSR count). The summed E-state index contributed by atoms with van der Waals surface area (Å²) in [6.07, 6.45) is 6.56. The van der Waals surface area contributed by atoms with E-state index in [1.807, 2.05) is 30.3 Å². The molecule has 5 N–H and O–H groups in total. The third kappa shape index (κ3) is 2.94. The van der Waals surface area contributed by atoms with Gasteiger partial charge in [0.25, 0.3) is 0 Å². The SMILES string of the molecule is Nc1cc(N)c(C=Cc2ccccc2)c(NC2CC2)c1. The van der Waals surface area contributed by atoms with Crippen molar-refractivity contribution in [2.75, 3.05) is 16.8 Å². The van der Waals surface area contributed by atoms with Crippen LogP contribution in [-0.2, 0) is 0 Å². The summed E-state index contributed by atoms with van der Waals surface area (Å²) in [5, 5.41) is 3.49. The average molecular weight is 265 g/mol. The van der Waals surface area contributed by atoms with Crippen LogP contribution in [0.3, 0.4) is 0 Å². The van der Waals surface area contributed by atoms with Gasteiger partial charge >= 0.3 is 0 Å². The predicted octanol–water partition coefficient (Wildman–Crippen LogP) is 3.60. The number of rotatable bonds is 4. The first-order chi connectivity index (χ1) is 9.72. The Bertz CT molecular complexity index is 628. The molecule has 2 aromatic rings. The van der Waals surface area contributed by atoms with E-state index < -0.39 is 0 Å². The Morgan fingerprint density at radius 3 is 2.45 bits per heavy atom. The summed E-state index contributed by atoms with van der Waals surface area (Å²) >= 11 is 0. The molecular weight excluding hydrogens is 246 g/mol. The molecule has 2 aromatic carbocycles. The zero-order chi connectivity index (χ0) is 13.9. The molecule has 0 unspecified atom stereocenters. The minimum atomic E-state index is 0.570. The number of benzene rings is 2. The van der Waals surface area contributed by atoms with Gasteiger partial charge in [-0.1, -0.05) is 42.5 Å². The second-order valence-corrected chi connectivity index (χ2v) is 5.23. The van der Waals surface area contributed by atoms with Gasteiger partial charge in [-0.15, -0.1) is 0 Å². The van der Waals surface area contributed by atoms with E-state index in [1.165, 1.54) is 12.8 Å². The summed E-state index contributed by atoms with van der Waals surface area (Å²) in [6.45, 7) is 0. The molecule has 0 aliphatic heterocycles. The van der Waals surface area contributed by atoms with Gasteiger partial charge in [0.1, 0.15) is 0 Å². The first kappa shape index (κ1) is 12.6. The maximum absolute atomic E-state index is 6.11. The molecule has 102 valence electrons. The van der Waals surface area contributed by atoms with Crippen molar-refractivity contribution in [2.45, 2.75) is 18.9 Å². The van der Waals surface area contributed by atoms with Gasteiger partial charge in [0, 0.05) is 28.7 Å². The normalized spacial score (nSPS) is 14.6. The highest BCUT2D eigenvalue weighted by Crippen LogP contribution is 2.32. The van der Waals surface area contributed by atoms with Crippen molar-refractivity contribution in [3.05, 3.63) is 53.6 Å². The molecule has 0 heterocycles.